The molecular weight excluding hydrogens is 394 g/mol. The number of amides is 2. The van der Waals surface area contributed by atoms with E-state index in [9.17, 15) is 4.79 Å². The van der Waals surface area contributed by atoms with Crippen LogP contribution in [0.3, 0.4) is 0 Å². The van der Waals surface area contributed by atoms with Crippen LogP contribution in [0.4, 0.5) is 4.79 Å². The van der Waals surface area contributed by atoms with E-state index in [0.717, 1.165) is 28.4 Å². The fraction of sp³-hybridized carbons (Fsp3) is 0.400. The molecule has 1 fully saturated rings. The number of pyridine rings is 1. The molecular formula is C20H24BrN3O2. The van der Waals surface area contributed by atoms with Crippen molar-refractivity contribution in [2.75, 3.05) is 0 Å². The highest BCUT2D eigenvalue weighted by atomic mass is 79.9. The average Bonchev–Trinajstić information content (AvgIpc) is 3.14. The van der Waals surface area contributed by atoms with E-state index in [1.165, 1.54) is 12.8 Å². The van der Waals surface area contributed by atoms with Crippen molar-refractivity contribution in [2.24, 2.45) is 0 Å². The number of nitrogens with one attached hydrogen (secondary N) is 2. The highest BCUT2D eigenvalue weighted by Gasteiger charge is 2.19. The van der Waals surface area contributed by atoms with Gasteiger partial charge in [-0.1, -0.05) is 34.1 Å². The number of hydrogen-bond acceptors (Lipinski definition) is 3. The molecule has 138 valence electrons. The first kappa shape index (κ1) is 18.7. The molecule has 2 amide bonds. The second kappa shape index (κ2) is 9.03. The van der Waals surface area contributed by atoms with E-state index in [-0.39, 0.29) is 18.2 Å². The molecule has 0 bridgehead atoms. The lowest BCUT2D eigenvalue weighted by Gasteiger charge is -2.17. The zero-order chi connectivity index (χ0) is 18.4. The van der Waals surface area contributed by atoms with Crippen LogP contribution >= 0.6 is 15.9 Å². The number of carbonyl (C=O) groups is 1. The Bertz CT molecular complexity index is 747. The zero-order valence-corrected chi connectivity index (χ0v) is 16.5. The van der Waals surface area contributed by atoms with Gasteiger partial charge in [-0.05, 0) is 56.4 Å². The Morgan fingerprint density at radius 1 is 1.31 bits per heavy atom. The number of ether oxygens (including phenoxy) is 1. The van der Waals surface area contributed by atoms with Crippen molar-refractivity contribution in [3.63, 3.8) is 0 Å². The lowest BCUT2D eigenvalue weighted by Crippen LogP contribution is -2.36. The fourth-order valence-corrected chi connectivity index (χ4v) is 3.53. The zero-order valence-electron chi connectivity index (χ0n) is 14.9. The third-order valence-corrected chi connectivity index (χ3v) is 5.06. The van der Waals surface area contributed by atoms with Crippen molar-refractivity contribution in [1.82, 2.24) is 15.6 Å². The summed E-state index contributed by atoms with van der Waals surface area (Å²) in [4.78, 5) is 16.6. The molecule has 6 heteroatoms. The topological polar surface area (TPSA) is 63.2 Å². The first-order valence-electron chi connectivity index (χ1n) is 9.02. The average molecular weight is 418 g/mol. The first-order valence-corrected chi connectivity index (χ1v) is 9.81. The van der Waals surface area contributed by atoms with E-state index in [1.54, 1.807) is 6.20 Å². The molecule has 0 saturated heterocycles. The van der Waals surface area contributed by atoms with E-state index >= 15 is 0 Å². The van der Waals surface area contributed by atoms with Gasteiger partial charge in [0, 0.05) is 22.8 Å². The van der Waals surface area contributed by atoms with Crippen LogP contribution in [0.25, 0.3) is 0 Å². The van der Waals surface area contributed by atoms with Crippen LogP contribution in [0, 0.1) is 0 Å². The van der Waals surface area contributed by atoms with E-state index < -0.39 is 0 Å². The molecule has 0 spiro atoms. The number of benzene rings is 1. The van der Waals surface area contributed by atoms with Crippen molar-refractivity contribution < 1.29 is 9.53 Å². The van der Waals surface area contributed by atoms with Gasteiger partial charge in [-0.3, -0.25) is 0 Å². The molecule has 1 aliphatic carbocycles. The van der Waals surface area contributed by atoms with Crippen LogP contribution in [0.2, 0.25) is 0 Å². The lowest BCUT2D eigenvalue weighted by molar-refractivity contribution is 0.198. The Morgan fingerprint density at radius 3 is 2.88 bits per heavy atom. The molecule has 1 aliphatic rings. The molecule has 1 heterocycles. The van der Waals surface area contributed by atoms with Gasteiger partial charge in [0.15, 0.2) is 0 Å². The summed E-state index contributed by atoms with van der Waals surface area (Å²) in [5.74, 6) is 0.625. The Balaban J connectivity index is 1.54. The second-order valence-electron chi connectivity index (χ2n) is 6.60. The number of rotatable bonds is 6. The van der Waals surface area contributed by atoms with Gasteiger partial charge in [0.1, 0.15) is 6.10 Å². The van der Waals surface area contributed by atoms with Gasteiger partial charge >= 0.3 is 6.03 Å². The van der Waals surface area contributed by atoms with Gasteiger partial charge in [-0.15, -0.1) is 0 Å². The Kier molecular flexibility index (Phi) is 6.50. The normalized spacial score (nSPS) is 15.5. The van der Waals surface area contributed by atoms with Crippen LogP contribution in [0.15, 0.2) is 47.1 Å². The van der Waals surface area contributed by atoms with Crippen molar-refractivity contribution in [3.05, 3.63) is 58.2 Å². The molecule has 0 radical (unpaired) electrons. The predicted molar refractivity (Wildman–Crippen MR) is 105 cm³/mol. The highest BCUT2D eigenvalue weighted by Crippen LogP contribution is 2.25. The van der Waals surface area contributed by atoms with Crippen molar-refractivity contribution in [1.29, 1.82) is 0 Å². The van der Waals surface area contributed by atoms with E-state index in [2.05, 4.69) is 31.5 Å². The molecule has 1 atom stereocenters. The number of hydrogen-bond donors (Lipinski definition) is 2. The molecule has 1 aromatic carbocycles. The maximum Gasteiger partial charge on any atom is 0.315 e. The minimum absolute atomic E-state index is 0.0874. The number of nitrogens with zero attached hydrogens (tertiary/aromatic N) is 1. The summed E-state index contributed by atoms with van der Waals surface area (Å²) in [6.45, 7) is 2.34. The number of urea groups is 1. The standard InChI is InChI=1S/C20H24BrN3O2/c1-14(15-6-4-8-17(21)12-15)24-20(25)23-13-16-7-5-11-22-19(16)26-18-9-2-3-10-18/h4-8,11-12,14,18H,2-3,9-10,13H2,1H3,(H2,23,24,25). The first-order chi connectivity index (χ1) is 12.6. The summed E-state index contributed by atoms with van der Waals surface area (Å²) in [6, 6.07) is 11.4. The Hall–Kier alpha value is -2.08. The fourth-order valence-electron chi connectivity index (χ4n) is 3.11. The second-order valence-corrected chi connectivity index (χ2v) is 7.51. The number of aromatic nitrogens is 1. The minimum Gasteiger partial charge on any atom is -0.474 e. The summed E-state index contributed by atoms with van der Waals surface area (Å²) in [6.07, 6.45) is 6.54. The lowest BCUT2D eigenvalue weighted by atomic mass is 10.1. The molecule has 1 aromatic heterocycles. The van der Waals surface area contributed by atoms with Gasteiger partial charge in [-0.25, -0.2) is 9.78 Å². The van der Waals surface area contributed by atoms with Gasteiger partial charge in [0.25, 0.3) is 0 Å². The number of carbonyl (C=O) groups excluding carboxylic acids is 1. The van der Waals surface area contributed by atoms with Crippen LogP contribution in [0.1, 0.15) is 49.8 Å². The maximum atomic E-state index is 12.2. The summed E-state index contributed by atoms with van der Waals surface area (Å²) in [5, 5.41) is 5.85. The monoisotopic (exact) mass is 417 g/mol. The molecule has 1 unspecified atom stereocenters. The summed E-state index contributed by atoms with van der Waals surface area (Å²) in [7, 11) is 0. The van der Waals surface area contributed by atoms with E-state index in [0.29, 0.717) is 12.4 Å². The van der Waals surface area contributed by atoms with E-state index in [4.69, 9.17) is 4.74 Å². The highest BCUT2D eigenvalue weighted by molar-refractivity contribution is 9.10. The van der Waals surface area contributed by atoms with Crippen LogP contribution in [0.5, 0.6) is 5.88 Å². The van der Waals surface area contributed by atoms with Crippen LogP contribution in [-0.2, 0) is 6.54 Å². The van der Waals surface area contributed by atoms with E-state index in [1.807, 2.05) is 43.3 Å². The quantitative estimate of drug-likeness (QED) is 0.713. The molecule has 0 aliphatic heterocycles. The summed E-state index contributed by atoms with van der Waals surface area (Å²) < 4.78 is 7.01. The third kappa shape index (κ3) is 5.21. The van der Waals surface area contributed by atoms with Crippen molar-refractivity contribution in [3.8, 4) is 5.88 Å². The van der Waals surface area contributed by atoms with Gasteiger partial charge in [-0.2, -0.15) is 0 Å². The van der Waals surface area contributed by atoms with Gasteiger partial charge in [0.2, 0.25) is 5.88 Å². The molecule has 3 rings (SSSR count). The maximum absolute atomic E-state index is 12.2. The number of halogens is 1. The molecule has 2 N–H and O–H groups in total. The largest absolute Gasteiger partial charge is 0.474 e. The van der Waals surface area contributed by atoms with Gasteiger partial charge < -0.3 is 15.4 Å². The summed E-state index contributed by atoms with van der Waals surface area (Å²) >= 11 is 3.45. The smallest absolute Gasteiger partial charge is 0.315 e. The van der Waals surface area contributed by atoms with Crippen LogP contribution < -0.4 is 15.4 Å². The Morgan fingerprint density at radius 2 is 2.12 bits per heavy atom. The minimum atomic E-state index is -0.215. The van der Waals surface area contributed by atoms with Crippen molar-refractivity contribution in [2.45, 2.75) is 51.3 Å². The third-order valence-electron chi connectivity index (χ3n) is 4.57. The predicted octanol–water partition coefficient (Wildman–Crippen LogP) is 4.73. The van der Waals surface area contributed by atoms with Crippen molar-refractivity contribution >= 4 is 22.0 Å². The molecule has 5 nitrogen and oxygen atoms in total. The summed E-state index contributed by atoms with van der Waals surface area (Å²) in [5.41, 5.74) is 1.94. The molecule has 1 saturated carbocycles. The molecule has 2 aromatic rings. The SMILES string of the molecule is CC(NC(=O)NCc1cccnc1OC1CCCC1)c1cccc(Br)c1. The Labute approximate surface area is 162 Å². The van der Waals surface area contributed by atoms with Gasteiger partial charge in [0.05, 0.1) is 6.04 Å². The van der Waals surface area contributed by atoms with Crippen LogP contribution in [-0.4, -0.2) is 17.1 Å². The molecule has 26 heavy (non-hydrogen) atoms.